The van der Waals surface area contributed by atoms with Crippen LogP contribution in [0.2, 0.25) is 0 Å². The van der Waals surface area contributed by atoms with Gasteiger partial charge >= 0.3 is 18.4 Å². The standard InChI is InChI=1S/C17H21F3N2O5.C10H19NO3/c1-16(2,3)27-15(23)21-8-6-12(7-9-21)26-14-5-4-11(22(24)25)10-13(14)17(18,19)20;1-10(2,3)14-9(13)11-6-4-8(12)5-7-11/h4-5,10,12H,6-9H2,1-3H3;8,12H,4-7H2,1-3H3. The number of carbonyl (C=O) groups is 2. The predicted octanol–water partition coefficient (Wildman–Crippen LogP) is 5.77. The number of ether oxygens (including phenoxy) is 3. The Labute approximate surface area is 237 Å². The summed E-state index contributed by atoms with van der Waals surface area (Å²) >= 11 is 0. The first-order valence-corrected chi connectivity index (χ1v) is 13.4. The van der Waals surface area contributed by atoms with E-state index in [4.69, 9.17) is 14.2 Å². The van der Waals surface area contributed by atoms with Gasteiger partial charge in [-0.1, -0.05) is 0 Å². The lowest BCUT2D eigenvalue weighted by Crippen LogP contribution is -2.44. The van der Waals surface area contributed by atoms with Crippen LogP contribution in [0.5, 0.6) is 5.75 Å². The van der Waals surface area contributed by atoms with E-state index in [0.29, 0.717) is 44.8 Å². The van der Waals surface area contributed by atoms with Crippen molar-refractivity contribution in [1.29, 1.82) is 0 Å². The van der Waals surface area contributed by atoms with E-state index in [0.717, 1.165) is 12.1 Å². The molecule has 1 aromatic rings. The van der Waals surface area contributed by atoms with E-state index in [1.807, 2.05) is 20.8 Å². The van der Waals surface area contributed by atoms with Crippen molar-refractivity contribution in [2.75, 3.05) is 26.2 Å². The summed E-state index contributed by atoms with van der Waals surface area (Å²) in [6, 6.07) is 2.40. The van der Waals surface area contributed by atoms with Gasteiger partial charge < -0.3 is 29.1 Å². The summed E-state index contributed by atoms with van der Waals surface area (Å²) in [5.74, 6) is -0.455. The first-order valence-electron chi connectivity index (χ1n) is 13.4. The van der Waals surface area contributed by atoms with E-state index >= 15 is 0 Å². The fraction of sp³-hybridized carbons (Fsp3) is 0.704. The number of hydrogen-bond acceptors (Lipinski definition) is 8. The second-order valence-corrected chi connectivity index (χ2v) is 11.9. The Balaban J connectivity index is 0.000000353. The minimum Gasteiger partial charge on any atom is -0.490 e. The van der Waals surface area contributed by atoms with E-state index in [1.54, 1.807) is 25.7 Å². The van der Waals surface area contributed by atoms with Crippen molar-refractivity contribution in [2.24, 2.45) is 0 Å². The maximum atomic E-state index is 13.2. The normalized spacial score (nSPS) is 17.3. The molecule has 2 heterocycles. The molecular formula is C27H40F3N3O8. The van der Waals surface area contributed by atoms with Crippen LogP contribution in [0.25, 0.3) is 0 Å². The number of nitro groups is 1. The number of halogens is 3. The van der Waals surface area contributed by atoms with Crippen molar-refractivity contribution in [1.82, 2.24) is 9.80 Å². The van der Waals surface area contributed by atoms with Gasteiger partial charge in [-0.05, 0) is 60.5 Å². The monoisotopic (exact) mass is 591 g/mol. The Kier molecular flexibility index (Phi) is 11.2. The van der Waals surface area contributed by atoms with Crippen LogP contribution in [0.15, 0.2) is 18.2 Å². The Morgan fingerprint density at radius 2 is 1.32 bits per heavy atom. The van der Waals surface area contributed by atoms with Crippen molar-refractivity contribution < 1.29 is 47.0 Å². The molecule has 3 rings (SSSR count). The van der Waals surface area contributed by atoms with Crippen LogP contribution in [-0.2, 0) is 15.7 Å². The SMILES string of the molecule is CC(C)(C)OC(=O)N1CCC(O)CC1.CC(C)(C)OC(=O)N1CCC(Oc2ccc([N+](=O)[O-])cc2C(F)(F)F)CC1. The minimum atomic E-state index is -4.78. The zero-order valence-electron chi connectivity index (χ0n) is 24.3. The Bertz CT molecular complexity index is 1050. The van der Waals surface area contributed by atoms with Gasteiger partial charge in [-0.15, -0.1) is 0 Å². The third-order valence-corrected chi connectivity index (χ3v) is 5.98. The Morgan fingerprint density at radius 1 is 0.878 bits per heavy atom. The molecule has 41 heavy (non-hydrogen) atoms. The molecule has 2 amide bonds. The quantitative estimate of drug-likeness (QED) is 0.346. The third-order valence-electron chi connectivity index (χ3n) is 5.98. The molecule has 0 saturated carbocycles. The Morgan fingerprint density at radius 3 is 1.71 bits per heavy atom. The highest BCUT2D eigenvalue weighted by Gasteiger charge is 2.37. The largest absolute Gasteiger partial charge is 0.490 e. The van der Waals surface area contributed by atoms with Crippen molar-refractivity contribution >= 4 is 17.9 Å². The average Bonchev–Trinajstić information content (AvgIpc) is 2.82. The average molecular weight is 592 g/mol. The number of non-ortho nitro benzene ring substituents is 1. The molecule has 0 aliphatic carbocycles. The van der Waals surface area contributed by atoms with Gasteiger partial charge in [-0.3, -0.25) is 10.1 Å². The number of rotatable bonds is 3. The molecule has 2 aliphatic heterocycles. The molecule has 1 aromatic carbocycles. The zero-order valence-corrected chi connectivity index (χ0v) is 24.3. The summed E-state index contributed by atoms with van der Waals surface area (Å²) in [7, 11) is 0. The van der Waals surface area contributed by atoms with Gasteiger partial charge in [0, 0.05) is 51.2 Å². The van der Waals surface area contributed by atoms with E-state index in [1.165, 1.54) is 4.90 Å². The number of hydrogen-bond donors (Lipinski definition) is 1. The first-order chi connectivity index (χ1) is 18.7. The van der Waals surface area contributed by atoms with Crippen LogP contribution >= 0.6 is 0 Å². The van der Waals surface area contributed by atoms with Crippen LogP contribution in [-0.4, -0.2) is 81.6 Å². The molecular weight excluding hydrogens is 551 g/mol. The molecule has 14 heteroatoms. The number of nitrogens with zero attached hydrogens (tertiary/aromatic N) is 3. The highest BCUT2D eigenvalue weighted by Crippen LogP contribution is 2.39. The molecule has 0 unspecified atom stereocenters. The van der Waals surface area contributed by atoms with Gasteiger partial charge in [-0.25, -0.2) is 9.59 Å². The lowest BCUT2D eigenvalue weighted by molar-refractivity contribution is -0.385. The molecule has 11 nitrogen and oxygen atoms in total. The van der Waals surface area contributed by atoms with Gasteiger partial charge in [0.15, 0.2) is 0 Å². The lowest BCUT2D eigenvalue weighted by Gasteiger charge is -2.33. The second-order valence-electron chi connectivity index (χ2n) is 11.9. The van der Waals surface area contributed by atoms with Crippen LogP contribution in [0.4, 0.5) is 28.4 Å². The fourth-order valence-corrected chi connectivity index (χ4v) is 3.99. The van der Waals surface area contributed by atoms with E-state index < -0.39 is 51.5 Å². The zero-order chi connectivity index (χ0) is 31.2. The molecule has 2 fully saturated rings. The highest BCUT2D eigenvalue weighted by atomic mass is 19.4. The summed E-state index contributed by atoms with van der Waals surface area (Å²) in [6.45, 7) is 12.5. The number of likely N-dealkylation sites (tertiary alicyclic amines) is 2. The van der Waals surface area contributed by atoms with Gasteiger partial charge in [0.2, 0.25) is 0 Å². The Hall–Kier alpha value is -3.29. The number of alkyl halides is 3. The van der Waals surface area contributed by atoms with Crippen LogP contribution in [0.1, 0.15) is 72.8 Å². The number of carbonyl (C=O) groups excluding carboxylic acids is 2. The maximum Gasteiger partial charge on any atom is 0.420 e. The minimum absolute atomic E-state index is 0.256. The summed E-state index contributed by atoms with van der Waals surface area (Å²) in [5, 5.41) is 20.0. The molecule has 1 N–H and O–H groups in total. The molecule has 2 saturated heterocycles. The molecule has 0 aromatic heterocycles. The molecule has 232 valence electrons. The van der Waals surface area contributed by atoms with E-state index in [9.17, 15) is 38.0 Å². The molecule has 0 radical (unpaired) electrons. The topological polar surface area (TPSA) is 132 Å². The van der Waals surface area contributed by atoms with Crippen LogP contribution in [0, 0.1) is 10.1 Å². The van der Waals surface area contributed by atoms with Gasteiger partial charge in [0.25, 0.3) is 5.69 Å². The smallest absolute Gasteiger partial charge is 0.420 e. The molecule has 0 spiro atoms. The summed E-state index contributed by atoms with van der Waals surface area (Å²) < 4.78 is 55.5. The summed E-state index contributed by atoms with van der Waals surface area (Å²) in [6.07, 6.45) is -4.37. The van der Waals surface area contributed by atoms with Gasteiger partial charge in [0.05, 0.1) is 11.0 Å². The molecule has 2 aliphatic rings. The number of amides is 2. The number of aliphatic hydroxyl groups excluding tert-OH is 1. The van der Waals surface area contributed by atoms with Crippen LogP contribution in [0.3, 0.4) is 0 Å². The predicted molar refractivity (Wildman–Crippen MR) is 143 cm³/mol. The van der Waals surface area contributed by atoms with E-state index in [-0.39, 0.29) is 25.3 Å². The second kappa shape index (κ2) is 13.6. The first kappa shape index (κ1) is 33.9. The highest BCUT2D eigenvalue weighted by molar-refractivity contribution is 5.68. The maximum absolute atomic E-state index is 13.2. The van der Waals surface area contributed by atoms with Crippen molar-refractivity contribution in [2.45, 2.75) is 96.8 Å². The van der Waals surface area contributed by atoms with Gasteiger partial charge in [0.1, 0.15) is 28.6 Å². The molecule has 0 atom stereocenters. The number of aliphatic hydroxyl groups is 1. The van der Waals surface area contributed by atoms with Crippen molar-refractivity contribution in [3.8, 4) is 5.75 Å². The van der Waals surface area contributed by atoms with Gasteiger partial charge in [-0.2, -0.15) is 13.2 Å². The van der Waals surface area contributed by atoms with Crippen LogP contribution < -0.4 is 4.74 Å². The van der Waals surface area contributed by atoms with Crippen molar-refractivity contribution in [3.05, 3.63) is 33.9 Å². The molecule has 0 bridgehead atoms. The summed E-state index contributed by atoms with van der Waals surface area (Å²) in [5.41, 5.74) is -2.92. The number of piperidine rings is 2. The third kappa shape index (κ3) is 11.6. The van der Waals surface area contributed by atoms with Crippen molar-refractivity contribution in [3.63, 3.8) is 0 Å². The number of benzene rings is 1. The van der Waals surface area contributed by atoms with E-state index in [2.05, 4.69) is 0 Å². The number of nitro benzene ring substituents is 1. The lowest BCUT2D eigenvalue weighted by atomic mass is 10.1. The summed E-state index contributed by atoms with van der Waals surface area (Å²) in [4.78, 5) is 36.5. The fourth-order valence-electron chi connectivity index (χ4n) is 3.99.